The molecule has 3 rings (SSSR count). The van der Waals surface area contributed by atoms with Crippen molar-refractivity contribution in [2.75, 3.05) is 25.6 Å². The van der Waals surface area contributed by atoms with Crippen LogP contribution in [0.2, 0.25) is 0 Å². The van der Waals surface area contributed by atoms with Crippen LogP contribution in [0.25, 0.3) is 0 Å². The highest BCUT2D eigenvalue weighted by atomic mass is 16.5. The zero-order chi connectivity index (χ0) is 21.7. The van der Waals surface area contributed by atoms with Crippen molar-refractivity contribution in [2.24, 2.45) is 0 Å². The second-order valence-corrected chi connectivity index (χ2v) is 8.24. The molecule has 0 bridgehead atoms. The van der Waals surface area contributed by atoms with Crippen LogP contribution in [-0.2, 0) is 11.3 Å². The lowest BCUT2D eigenvalue weighted by molar-refractivity contribution is 0.0474. The number of rotatable bonds is 8. The van der Waals surface area contributed by atoms with E-state index in [9.17, 15) is 9.59 Å². The van der Waals surface area contributed by atoms with E-state index in [-0.39, 0.29) is 12.4 Å². The average Bonchev–Trinajstić information content (AvgIpc) is 3.04. The maximum absolute atomic E-state index is 12.7. The van der Waals surface area contributed by atoms with Crippen molar-refractivity contribution >= 4 is 17.4 Å². The molecule has 0 fully saturated rings. The summed E-state index contributed by atoms with van der Waals surface area (Å²) in [5.74, 6) is -0.642. The number of anilines is 1. The predicted octanol–water partition coefficient (Wildman–Crippen LogP) is 5.10. The molecule has 0 atom stereocenters. The van der Waals surface area contributed by atoms with Gasteiger partial charge in [-0.15, -0.1) is 0 Å². The van der Waals surface area contributed by atoms with E-state index in [1.54, 1.807) is 12.1 Å². The number of allylic oxidation sites excluding steroid dienone is 2. The number of aryl methyl sites for hydroxylation is 1. The molecule has 0 radical (unpaired) electrons. The Morgan fingerprint density at radius 1 is 1.10 bits per heavy atom. The van der Waals surface area contributed by atoms with Crippen LogP contribution >= 0.6 is 0 Å². The third-order valence-corrected chi connectivity index (χ3v) is 5.87. The Balaban J connectivity index is 1.59. The van der Waals surface area contributed by atoms with Gasteiger partial charge in [0.2, 0.25) is 5.78 Å². The van der Waals surface area contributed by atoms with Gasteiger partial charge in [0, 0.05) is 43.3 Å². The quantitative estimate of drug-likeness (QED) is 0.346. The number of carbonyl (C=O) groups excluding carboxylic acids is 2. The summed E-state index contributed by atoms with van der Waals surface area (Å²) in [5, 5.41) is 0. The molecule has 30 heavy (non-hydrogen) atoms. The molecule has 1 aliphatic rings. The average molecular weight is 409 g/mol. The Hall–Kier alpha value is -2.82. The van der Waals surface area contributed by atoms with Crippen LogP contribution in [0.4, 0.5) is 5.69 Å². The van der Waals surface area contributed by atoms with Gasteiger partial charge in [0.25, 0.3) is 0 Å². The number of benzene rings is 1. The molecule has 2 aromatic rings. The molecule has 1 heterocycles. The summed E-state index contributed by atoms with van der Waals surface area (Å²) >= 11 is 0. The van der Waals surface area contributed by atoms with Gasteiger partial charge in [0.1, 0.15) is 0 Å². The standard InChI is InChI=1S/C25H32N2O3/c1-18-16-23(19(2)27(18)15-14-20-8-6-5-7-9-20)24(28)17-30-25(29)21-10-12-22(13-11-21)26(3)4/h8,10-13,16H,5-7,9,14-15,17H2,1-4H3. The number of ketones is 1. The van der Waals surface area contributed by atoms with E-state index in [0.717, 1.165) is 30.0 Å². The van der Waals surface area contributed by atoms with Crippen molar-refractivity contribution in [3.8, 4) is 0 Å². The molecule has 0 amide bonds. The maximum Gasteiger partial charge on any atom is 0.338 e. The fourth-order valence-corrected chi connectivity index (χ4v) is 4.00. The first-order valence-electron chi connectivity index (χ1n) is 10.7. The number of carbonyl (C=O) groups is 2. The van der Waals surface area contributed by atoms with Crippen LogP contribution in [0, 0.1) is 13.8 Å². The van der Waals surface area contributed by atoms with Crippen LogP contribution in [0.1, 0.15) is 64.2 Å². The van der Waals surface area contributed by atoms with Gasteiger partial charge >= 0.3 is 5.97 Å². The van der Waals surface area contributed by atoms with Gasteiger partial charge in [-0.1, -0.05) is 11.6 Å². The summed E-state index contributed by atoms with van der Waals surface area (Å²) in [5.41, 5.74) is 5.62. The summed E-state index contributed by atoms with van der Waals surface area (Å²) in [4.78, 5) is 27.0. The lowest BCUT2D eigenvalue weighted by atomic mass is 9.97. The first-order valence-corrected chi connectivity index (χ1v) is 10.7. The highest BCUT2D eigenvalue weighted by Gasteiger charge is 2.18. The minimum absolute atomic E-state index is 0.163. The van der Waals surface area contributed by atoms with Gasteiger partial charge in [-0.25, -0.2) is 4.79 Å². The smallest absolute Gasteiger partial charge is 0.338 e. The van der Waals surface area contributed by atoms with Crippen molar-refractivity contribution in [3.05, 3.63) is 64.5 Å². The minimum atomic E-state index is -0.480. The molecule has 1 aliphatic carbocycles. The molecule has 0 spiro atoms. The van der Waals surface area contributed by atoms with Crippen molar-refractivity contribution in [1.82, 2.24) is 4.57 Å². The van der Waals surface area contributed by atoms with Gasteiger partial charge in [0.05, 0.1) is 5.56 Å². The second kappa shape index (κ2) is 9.79. The monoisotopic (exact) mass is 408 g/mol. The fourth-order valence-electron chi connectivity index (χ4n) is 4.00. The van der Waals surface area contributed by atoms with E-state index in [2.05, 4.69) is 10.6 Å². The number of hydrogen-bond donors (Lipinski definition) is 0. The summed E-state index contributed by atoms with van der Waals surface area (Å²) in [6, 6.07) is 9.05. The van der Waals surface area contributed by atoms with E-state index in [1.165, 1.54) is 31.3 Å². The number of nitrogens with zero attached hydrogens (tertiary/aromatic N) is 2. The summed E-state index contributed by atoms with van der Waals surface area (Å²) in [7, 11) is 3.88. The second-order valence-electron chi connectivity index (χ2n) is 8.24. The van der Waals surface area contributed by atoms with E-state index in [0.29, 0.717) is 11.1 Å². The fraction of sp³-hybridized carbons (Fsp3) is 0.440. The molecule has 0 aliphatic heterocycles. The highest BCUT2D eigenvalue weighted by molar-refractivity contribution is 6.00. The topological polar surface area (TPSA) is 51.5 Å². The van der Waals surface area contributed by atoms with Crippen LogP contribution in [0.3, 0.4) is 0 Å². The number of ether oxygens (including phenoxy) is 1. The third-order valence-electron chi connectivity index (χ3n) is 5.87. The zero-order valence-corrected chi connectivity index (χ0v) is 18.5. The van der Waals surface area contributed by atoms with Crippen molar-refractivity contribution in [3.63, 3.8) is 0 Å². The Morgan fingerprint density at radius 2 is 1.83 bits per heavy atom. The molecule has 5 heteroatoms. The Labute approximate surface area is 179 Å². The van der Waals surface area contributed by atoms with Crippen molar-refractivity contribution in [2.45, 2.75) is 52.5 Å². The molecule has 1 aromatic heterocycles. The Morgan fingerprint density at radius 3 is 2.47 bits per heavy atom. The van der Waals surface area contributed by atoms with Gasteiger partial charge in [-0.05, 0) is 76.3 Å². The number of aromatic nitrogens is 1. The highest BCUT2D eigenvalue weighted by Crippen LogP contribution is 2.23. The molecule has 1 aromatic carbocycles. The normalized spacial score (nSPS) is 13.7. The summed E-state index contributed by atoms with van der Waals surface area (Å²) < 4.78 is 7.48. The molecule has 0 unspecified atom stereocenters. The van der Waals surface area contributed by atoms with E-state index in [4.69, 9.17) is 4.74 Å². The maximum atomic E-state index is 12.7. The minimum Gasteiger partial charge on any atom is -0.454 e. The number of Topliss-reactive ketones (excluding diaryl/α,β-unsaturated/α-hetero) is 1. The van der Waals surface area contributed by atoms with Gasteiger partial charge in [-0.2, -0.15) is 0 Å². The van der Waals surface area contributed by atoms with Gasteiger partial charge in [0.15, 0.2) is 6.61 Å². The molecule has 0 saturated carbocycles. The van der Waals surface area contributed by atoms with E-state index < -0.39 is 5.97 Å². The van der Waals surface area contributed by atoms with Crippen LogP contribution in [-0.4, -0.2) is 37.0 Å². The van der Waals surface area contributed by atoms with Crippen LogP contribution in [0.5, 0.6) is 0 Å². The Kier molecular flexibility index (Phi) is 7.14. The van der Waals surface area contributed by atoms with Crippen molar-refractivity contribution < 1.29 is 14.3 Å². The molecular formula is C25H32N2O3. The van der Waals surface area contributed by atoms with Crippen molar-refractivity contribution in [1.29, 1.82) is 0 Å². The molecule has 160 valence electrons. The third kappa shape index (κ3) is 5.21. The largest absolute Gasteiger partial charge is 0.454 e. The zero-order valence-electron chi connectivity index (χ0n) is 18.5. The van der Waals surface area contributed by atoms with E-state index in [1.807, 2.05) is 51.0 Å². The Bertz CT molecular complexity index is 936. The van der Waals surface area contributed by atoms with E-state index >= 15 is 0 Å². The molecule has 5 nitrogen and oxygen atoms in total. The molecular weight excluding hydrogens is 376 g/mol. The lowest BCUT2D eigenvalue weighted by Gasteiger charge is -2.15. The summed E-state index contributed by atoms with van der Waals surface area (Å²) in [6.45, 7) is 4.63. The lowest BCUT2D eigenvalue weighted by Crippen LogP contribution is -2.15. The molecule has 0 N–H and O–H groups in total. The van der Waals surface area contributed by atoms with Crippen LogP contribution < -0.4 is 4.90 Å². The molecule has 0 saturated heterocycles. The van der Waals surface area contributed by atoms with Gasteiger partial charge < -0.3 is 14.2 Å². The number of hydrogen-bond acceptors (Lipinski definition) is 4. The SMILES string of the molecule is Cc1cc(C(=O)COC(=O)c2ccc(N(C)C)cc2)c(C)n1CCC1=CCCCC1. The first-order chi connectivity index (χ1) is 14.4. The van der Waals surface area contributed by atoms with Crippen LogP contribution in [0.15, 0.2) is 42.0 Å². The first kappa shape index (κ1) is 21.9. The summed E-state index contributed by atoms with van der Waals surface area (Å²) in [6.07, 6.45) is 8.35. The predicted molar refractivity (Wildman–Crippen MR) is 120 cm³/mol. The van der Waals surface area contributed by atoms with Gasteiger partial charge in [-0.3, -0.25) is 4.79 Å². The number of esters is 1.